The molecule has 1 amide bonds. The van der Waals surface area contributed by atoms with Crippen molar-refractivity contribution in [3.8, 4) is 0 Å². The van der Waals surface area contributed by atoms with Crippen molar-refractivity contribution in [3.63, 3.8) is 0 Å². The Bertz CT molecular complexity index is 761. The highest BCUT2D eigenvalue weighted by molar-refractivity contribution is 8.00. The number of amides is 1. The van der Waals surface area contributed by atoms with Gasteiger partial charge in [-0.15, -0.1) is 0 Å². The molecule has 9 heteroatoms. The van der Waals surface area contributed by atoms with E-state index in [1.165, 1.54) is 24.4 Å². The molecule has 2 rings (SSSR count). The van der Waals surface area contributed by atoms with Gasteiger partial charge < -0.3 is 10.3 Å². The van der Waals surface area contributed by atoms with Gasteiger partial charge in [-0.25, -0.2) is 4.98 Å². The summed E-state index contributed by atoms with van der Waals surface area (Å²) >= 11 is 0.994. The number of carbonyl (C=O) groups excluding carboxylic acids is 1. The van der Waals surface area contributed by atoms with Crippen LogP contribution in [0.5, 0.6) is 0 Å². The van der Waals surface area contributed by atoms with Gasteiger partial charge in [0.1, 0.15) is 0 Å². The van der Waals surface area contributed by atoms with E-state index in [9.17, 15) is 22.8 Å². The maximum absolute atomic E-state index is 12.6. The number of hydrogen-bond donors (Lipinski definition) is 2. The van der Waals surface area contributed by atoms with E-state index < -0.39 is 22.9 Å². The van der Waals surface area contributed by atoms with Crippen molar-refractivity contribution >= 4 is 23.4 Å². The Morgan fingerprint density at radius 3 is 2.74 bits per heavy atom. The quantitative estimate of drug-likeness (QED) is 0.661. The summed E-state index contributed by atoms with van der Waals surface area (Å²) in [4.78, 5) is 29.5. The second-order valence-corrected chi connectivity index (χ2v) is 5.90. The Balaban J connectivity index is 2.05. The maximum atomic E-state index is 12.6. The molecule has 122 valence electrons. The normalized spacial score (nSPS) is 12.7. The van der Waals surface area contributed by atoms with E-state index in [-0.39, 0.29) is 16.4 Å². The summed E-state index contributed by atoms with van der Waals surface area (Å²) in [5.74, 6) is -0.499. The SMILES string of the molecule is C[C@H](Sc1nccc(=O)[nH]1)C(=O)Nc1cccc(C(F)(F)F)c1. The Kier molecular flexibility index (Phi) is 5.09. The predicted molar refractivity (Wildman–Crippen MR) is 80.3 cm³/mol. The molecule has 1 atom stereocenters. The molecule has 0 aliphatic heterocycles. The van der Waals surface area contributed by atoms with E-state index in [1.807, 2.05) is 0 Å². The minimum absolute atomic E-state index is 0.0480. The topological polar surface area (TPSA) is 74.8 Å². The number of H-pyrrole nitrogens is 1. The van der Waals surface area contributed by atoms with Gasteiger partial charge in [0.25, 0.3) is 5.56 Å². The van der Waals surface area contributed by atoms with Crippen molar-refractivity contribution in [2.75, 3.05) is 5.32 Å². The van der Waals surface area contributed by atoms with Gasteiger partial charge in [-0.05, 0) is 25.1 Å². The maximum Gasteiger partial charge on any atom is 0.416 e. The summed E-state index contributed by atoms with van der Waals surface area (Å²) in [6.45, 7) is 1.56. The van der Waals surface area contributed by atoms with Crippen molar-refractivity contribution in [3.05, 3.63) is 52.4 Å². The zero-order valence-electron chi connectivity index (χ0n) is 11.8. The monoisotopic (exact) mass is 343 g/mol. The van der Waals surface area contributed by atoms with Gasteiger partial charge in [0, 0.05) is 18.0 Å². The number of benzene rings is 1. The number of aromatic nitrogens is 2. The molecular weight excluding hydrogens is 331 g/mol. The third-order valence-electron chi connectivity index (χ3n) is 2.76. The van der Waals surface area contributed by atoms with Gasteiger partial charge in [-0.3, -0.25) is 9.59 Å². The number of aromatic amines is 1. The van der Waals surface area contributed by atoms with Crippen molar-refractivity contribution < 1.29 is 18.0 Å². The number of thioether (sulfide) groups is 1. The van der Waals surface area contributed by atoms with Gasteiger partial charge in [0.15, 0.2) is 5.16 Å². The second-order valence-electron chi connectivity index (χ2n) is 4.57. The minimum atomic E-state index is -4.48. The van der Waals surface area contributed by atoms with Crippen LogP contribution < -0.4 is 10.9 Å². The summed E-state index contributed by atoms with van der Waals surface area (Å²) < 4.78 is 37.9. The van der Waals surface area contributed by atoms with Crippen LogP contribution in [0, 0.1) is 0 Å². The van der Waals surface area contributed by atoms with Crippen molar-refractivity contribution in [1.82, 2.24) is 9.97 Å². The van der Waals surface area contributed by atoms with Crippen LogP contribution in [0.3, 0.4) is 0 Å². The lowest BCUT2D eigenvalue weighted by molar-refractivity contribution is -0.137. The van der Waals surface area contributed by atoms with Gasteiger partial charge in [0.2, 0.25) is 5.91 Å². The summed E-state index contributed by atoms with van der Waals surface area (Å²) in [6.07, 6.45) is -3.17. The Morgan fingerprint density at radius 1 is 1.35 bits per heavy atom. The van der Waals surface area contributed by atoms with E-state index >= 15 is 0 Å². The van der Waals surface area contributed by atoms with Gasteiger partial charge in [0.05, 0.1) is 10.8 Å². The van der Waals surface area contributed by atoms with Gasteiger partial charge in [-0.2, -0.15) is 13.2 Å². The number of hydrogen-bond acceptors (Lipinski definition) is 4. The van der Waals surface area contributed by atoms with E-state index in [4.69, 9.17) is 0 Å². The van der Waals surface area contributed by atoms with Crippen LogP contribution in [0.15, 0.2) is 46.5 Å². The van der Waals surface area contributed by atoms with E-state index in [0.29, 0.717) is 0 Å². The lowest BCUT2D eigenvalue weighted by Gasteiger charge is -2.13. The molecule has 1 aromatic carbocycles. The van der Waals surface area contributed by atoms with Crippen LogP contribution in [0.4, 0.5) is 18.9 Å². The molecule has 2 aromatic rings. The largest absolute Gasteiger partial charge is 0.416 e. The first-order valence-electron chi connectivity index (χ1n) is 6.46. The highest BCUT2D eigenvalue weighted by Gasteiger charge is 2.30. The number of anilines is 1. The fraction of sp³-hybridized carbons (Fsp3) is 0.214. The standard InChI is InChI=1S/C14H12F3N3O2S/c1-8(23-13-18-6-5-11(21)20-13)12(22)19-10-4-2-3-9(7-10)14(15,16)17/h2-8H,1H3,(H,19,22)(H,18,20,21)/t8-/m0/s1. The molecule has 0 saturated heterocycles. The number of rotatable bonds is 4. The number of nitrogens with one attached hydrogen (secondary N) is 2. The molecule has 2 N–H and O–H groups in total. The molecule has 1 heterocycles. The van der Waals surface area contributed by atoms with Crippen LogP contribution in [0.1, 0.15) is 12.5 Å². The van der Waals surface area contributed by atoms with Crippen LogP contribution in [-0.2, 0) is 11.0 Å². The number of nitrogens with zero attached hydrogens (tertiary/aromatic N) is 1. The molecule has 23 heavy (non-hydrogen) atoms. The molecule has 0 bridgehead atoms. The van der Waals surface area contributed by atoms with Crippen molar-refractivity contribution in [2.45, 2.75) is 23.5 Å². The Labute approximate surface area is 133 Å². The molecule has 0 fully saturated rings. The van der Waals surface area contributed by atoms with Gasteiger partial charge >= 0.3 is 6.18 Å². The Hall–Kier alpha value is -2.29. The second kappa shape index (κ2) is 6.86. The lowest BCUT2D eigenvalue weighted by atomic mass is 10.2. The van der Waals surface area contributed by atoms with E-state index in [2.05, 4.69) is 15.3 Å². The molecule has 5 nitrogen and oxygen atoms in total. The van der Waals surface area contributed by atoms with Crippen LogP contribution in [-0.4, -0.2) is 21.1 Å². The molecular formula is C14H12F3N3O2S. The fourth-order valence-corrected chi connectivity index (χ4v) is 2.43. The number of halogens is 3. The third kappa shape index (κ3) is 4.85. The minimum Gasteiger partial charge on any atom is -0.325 e. The molecule has 0 radical (unpaired) electrons. The number of alkyl halides is 3. The lowest BCUT2D eigenvalue weighted by Crippen LogP contribution is -2.23. The van der Waals surface area contributed by atoms with E-state index in [1.54, 1.807) is 6.92 Å². The van der Waals surface area contributed by atoms with Crippen molar-refractivity contribution in [2.24, 2.45) is 0 Å². The first kappa shape index (κ1) is 17.1. The highest BCUT2D eigenvalue weighted by atomic mass is 32.2. The first-order chi connectivity index (χ1) is 10.8. The van der Waals surface area contributed by atoms with E-state index in [0.717, 1.165) is 23.9 Å². The highest BCUT2D eigenvalue weighted by Crippen LogP contribution is 2.30. The third-order valence-corrected chi connectivity index (χ3v) is 3.76. The average Bonchev–Trinajstić information content (AvgIpc) is 2.46. The number of carbonyl (C=O) groups is 1. The summed E-state index contributed by atoms with van der Waals surface area (Å²) in [7, 11) is 0. The zero-order valence-corrected chi connectivity index (χ0v) is 12.7. The zero-order chi connectivity index (χ0) is 17.0. The molecule has 0 spiro atoms. The first-order valence-corrected chi connectivity index (χ1v) is 7.34. The fourth-order valence-electron chi connectivity index (χ4n) is 1.65. The molecule has 0 unspecified atom stereocenters. The molecule has 0 aliphatic carbocycles. The summed E-state index contributed by atoms with van der Waals surface area (Å²) in [5.41, 5.74) is -1.15. The van der Waals surface area contributed by atoms with Crippen LogP contribution in [0.2, 0.25) is 0 Å². The Morgan fingerprint density at radius 2 is 2.09 bits per heavy atom. The van der Waals surface area contributed by atoms with Crippen LogP contribution in [0.25, 0.3) is 0 Å². The molecule has 0 saturated carbocycles. The summed E-state index contributed by atoms with van der Waals surface area (Å²) in [5, 5.41) is 2.01. The predicted octanol–water partition coefficient (Wildman–Crippen LogP) is 2.91. The smallest absolute Gasteiger partial charge is 0.325 e. The molecule has 1 aromatic heterocycles. The van der Waals surface area contributed by atoms with Gasteiger partial charge in [-0.1, -0.05) is 17.8 Å². The average molecular weight is 343 g/mol. The molecule has 0 aliphatic rings. The van der Waals surface area contributed by atoms with Crippen LogP contribution >= 0.6 is 11.8 Å². The van der Waals surface area contributed by atoms with Crippen molar-refractivity contribution in [1.29, 1.82) is 0 Å². The summed E-state index contributed by atoms with van der Waals surface area (Å²) in [6, 6.07) is 5.60.